The molecule has 1 atom stereocenters. The van der Waals surface area contributed by atoms with Crippen LogP contribution in [0.1, 0.15) is 41.3 Å². The van der Waals surface area contributed by atoms with Crippen molar-refractivity contribution in [2.75, 3.05) is 47.0 Å². The van der Waals surface area contributed by atoms with Gasteiger partial charge >= 0.3 is 6.18 Å². The van der Waals surface area contributed by atoms with Crippen molar-refractivity contribution in [3.05, 3.63) is 83.4 Å². The highest BCUT2D eigenvalue weighted by Gasteiger charge is 2.32. The summed E-state index contributed by atoms with van der Waals surface area (Å²) in [5.74, 6) is -0.497. The van der Waals surface area contributed by atoms with Crippen LogP contribution in [0.2, 0.25) is 0 Å². The Morgan fingerprint density at radius 2 is 1.71 bits per heavy atom. The molecule has 220 valence electrons. The number of rotatable bonds is 7. The minimum Gasteiger partial charge on any atom is -0.372 e. The Morgan fingerprint density at radius 3 is 2.45 bits per heavy atom. The Morgan fingerprint density at radius 1 is 0.952 bits per heavy atom. The van der Waals surface area contributed by atoms with Crippen molar-refractivity contribution in [1.82, 2.24) is 4.90 Å². The smallest absolute Gasteiger partial charge is 0.372 e. The summed E-state index contributed by atoms with van der Waals surface area (Å²) >= 11 is 0. The number of halogens is 3. The van der Waals surface area contributed by atoms with Crippen molar-refractivity contribution >= 4 is 40.5 Å². The fraction of sp³-hybridized carbons (Fsp3) is 0.323. The highest BCUT2D eigenvalue weighted by atomic mass is 19.4. The van der Waals surface area contributed by atoms with Crippen molar-refractivity contribution < 1.29 is 27.6 Å². The van der Waals surface area contributed by atoms with Crippen molar-refractivity contribution in [3.8, 4) is 0 Å². The van der Waals surface area contributed by atoms with E-state index in [0.29, 0.717) is 49.5 Å². The van der Waals surface area contributed by atoms with E-state index in [4.69, 9.17) is 0 Å². The quantitative estimate of drug-likeness (QED) is 0.350. The van der Waals surface area contributed by atoms with Crippen LogP contribution in [0.25, 0.3) is 0 Å². The maximum atomic E-state index is 13.2. The van der Waals surface area contributed by atoms with Crippen LogP contribution in [-0.2, 0) is 22.2 Å². The number of carbonyl (C=O) groups is 3. The van der Waals surface area contributed by atoms with Crippen LogP contribution < -0.4 is 20.9 Å². The maximum Gasteiger partial charge on any atom is 0.416 e. The van der Waals surface area contributed by atoms with E-state index in [1.165, 1.54) is 13.0 Å². The first kappa shape index (κ1) is 29.0. The number of nitrogens with one attached hydrogen (secondary N) is 3. The summed E-state index contributed by atoms with van der Waals surface area (Å²) in [6.07, 6.45) is -2.30. The fourth-order valence-corrected chi connectivity index (χ4v) is 5.33. The predicted molar refractivity (Wildman–Crippen MR) is 156 cm³/mol. The van der Waals surface area contributed by atoms with E-state index in [1.54, 1.807) is 29.2 Å². The molecule has 42 heavy (non-hydrogen) atoms. The highest BCUT2D eigenvalue weighted by Crippen LogP contribution is 2.33. The molecule has 1 saturated heterocycles. The van der Waals surface area contributed by atoms with Crippen molar-refractivity contribution in [1.29, 1.82) is 0 Å². The Kier molecular flexibility index (Phi) is 8.37. The van der Waals surface area contributed by atoms with Crippen LogP contribution in [0.15, 0.2) is 66.7 Å². The van der Waals surface area contributed by atoms with Gasteiger partial charge in [-0.2, -0.15) is 13.2 Å². The first-order chi connectivity index (χ1) is 20.1. The summed E-state index contributed by atoms with van der Waals surface area (Å²) in [5.41, 5.74) is 3.29. The molecule has 0 radical (unpaired) electrons. The number of carbonyl (C=O) groups excluding carboxylic acids is 3. The molecular weight excluding hydrogens is 547 g/mol. The second-order valence-electron chi connectivity index (χ2n) is 10.5. The second-order valence-corrected chi connectivity index (χ2v) is 10.5. The second kappa shape index (κ2) is 12.1. The number of hydrogen-bond acceptors (Lipinski definition) is 5. The van der Waals surface area contributed by atoms with E-state index in [2.05, 4.69) is 16.0 Å². The third kappa shape index (κ3) is 6.84. The van der Waals surface area contributed by atoms with E-state index < -0.39 is 17.8 Å². The highest BCUT2D eigenvalue weighted by molar-refractivity contribution is 6.05. The molecule has 0 spiro atoms. The summed E-state index contributed by atoms with van der Waals surface area (Å²) in [7, 11) is 0. The van der Waals surface area contributed by atoms with Gasteiger partial charge in [-0.15, -0.1) is 0 Å². The van der Waals surface area contributed by atoms with Gasteiger partial charge in [0.05, 0.1) is 16.9 Å². The van der Waals surface area contributed by atoms with Gasteiger partial charge in [0.1, 0.15) is 6.04 Å². The van der Waals surface area contributed by atoms with Crippen LogP contribution in [0.3, 0.4) is 0 Å². The lowest BCUT2D eigenvalue weighted by Crippen LogP contribution is -2.48. The first-order valence-corrected chi connectivity index (χ1v) is 13.9. The Bertz CT molecular complexity index is 1480. The number of aryl methyl sites for hydroxylation is 1. The monoisotopic (exact) mass is 579 g/mol. The Labute approximate surface area is 241 Å². The molecule has 3 N–H and O–H groups in total. The maximum absolute atomic E-state index is 13.2. The lowest BCUT2D eigenvalue weighted by molar-refractivity contribution is -0.137. The number of piperazine rings is 1. The Hall–Kier alpha value is -4.54. The van der Waals surface area contributed by atoms with Gasteiger partial charge in [-0.25, -0.2) is 0 Å². The van der Waals surface area contributed by atoms with Crippen molar-refractivity contribution in [2.24, 2.45) is 0 Å². The summed E-state index contributed by atoms with van der Waals surface area (Å²) < 4.78 is 39.3. The van der Waals surface area contributed by atoms with Gasteiger partial charge in [-0.05, 0) is 73.4 Å². The minimum atomic E-state index is -4.41. The molecule has 3 aromatic rings. The molecular formula is C31H32F3N5O3. The molecule has 2 aliphatic heterocycles. The number of amides is 3. The molecule has 8 nitrogen and oxygen atoms in total. The zero-order chi connectivity index (χ0) is 29.9. The molecule has 3 amide bonds. The molecule has 3 aromatic carbocycles. The van der Waals surface area contributed by atoms with Crippen molar-refractivity contribution in [3.63, 3.8) is 0 Å². The normalized spacial score (nSPS) is 16.8. The van der Waals surface area contributed by atoms with Crippen LogP contribution in [0.5, 0.6) is 0 Å². The Balaban J connectivity index is 1.15. The average molecular weight is 580 g/mol. The summed E-state index contributed by atoms with van der Waals surface area (Å²) in [5, 5.41) is 8.96. The van der Waals surface area contributed by atoms with Gasteiger partial charge in [0.25, 0.3) is 5.91 Å². The van der Waals surface area contributed by atoms with Gasteiger partial charge in [0.15, 0.2) is 0 Å². The molecule has 2 heterocycles. The SMILES string of the molecule is CC(=O)Nc1cccc(CCCC2Nc3ccc(C(=O)N4CCN(c5cccc(C(F)(F)F)c5)CC4)cc3NC2=O)c1. The van der Waals surface area contributed by atoms with Gasteiger partial charge in [-0.1, -0.05) is 18.2 Å². The minimum absolute atomic E-state index is 0.129. The summed E-state index contributed by atoms with van der Waals surface area (Å²) in [6, 6.07) is 17.6. The van der Waals surface area contributed by atoms with Gasteiger partial charge < -0.3 is 25.8 Å². The lowest BCUT2D eigenvalue weighted by atomic mass is 10.0. The molecule has 0 bridgehead atoms. The number of alkyl halides is 3. The number of hydrogen-bond donors (Lipinski definition) is 3. The number of benzene rings is 3. The van der Waals surface area contributed by atoms with Gasteiger partial charge in [0, 0.05) is 50.0 Å². The number of fused-ring (bicyclic) bond motifs is 1. The van der Waals surface area contributed by atoms with Gasteiger partial charge in [-0.3, -0.25) is 14.4 Å². The summed E-state index contributed by atoms with van der Waals surface area (Å²) in [4.78, 5) is 40.9. The first-order valence-electron chi connectivity index (χ1n) is 13.9. The molecule has 0 aliphatic carbocycles. The number of nitrogens with zero attached hydrogens (tertiary/aromatic N) is 2. The van der Waals surface area contributed by atoms with E-state index in [-0.39, 0.29) is 17.7 Å². The largest absolute Gasteiger partial charge is 0.416 e. The van der Waals surface area contributed by atoms with E-state index in [9.17, 15) is 27.6 Å². The van der Waals surface area contributed by atoms with Gasteiger partial charge in [0.2, 0.25) is 11.8 Å². The molecule has 5 rings (SSSR count). The van der Waals surface area contributed by atoms with Crippen LogP contribution in [0, 0.1) is 0 Å². The molecule has 0 aromatic heterocycles. The summed E-state index contributed by atoms with van der Waals surface area (Å²) in [6.45, 7) is 3.02. The van der Waals surface area contributed by atoms with E-state index in [1.807, 2.05) is 29.2 Å². The molecule has 1 fully saturated rings. The third-order valence-corrected chi connectivity index (χ3v) is 7.48. The fourth-order valence-electron chi connectivity index (χ4n) is 5.33. The topological polar surface area (TPSA) is 93.8 Å². The average Bonchev–Trinajstić information content (AvgIpc) is 2.96. The predicted octanol–water partition coefficient (Wildman–Crippen LogP) is 5.38. The van der Waals surface area contributed by atoms with E-state index >= 15 is 0 Å². The van der Waals surface area contributed by atoms with Crippen LogP contribution in [0.4, 0.5) is 35.9 Å². The molecule has 1 unspecified atom stereocenters. The third-order valence-electron chi connectivity index (χ3n) is 7.48. The number of anilines is 4. The van der Waals surface area contributed by atoms with Crippen molar-refractivity contribution in [2.45, 2.75) is 38.4 Å². The van der Waals surface area contributed by atoms with Crippen LogP contribution >= 0.6 is 0 Å². The molecule has 0 saturated carbocycles. The van der Waals surface area contributed by atoms with E-state index in [0.717, 1.165) is 41.9 Å². The zero-order valence-corrected chi connectivity index (χ0v) is 23.1. The lowest BCUT2D eigenvalue weighted by Gasteiger charge is -2.36. The van der Waals surface area contributed by atoms with Crippen LogP contribution in [-0.4, -0.2) is 54.8 Å². The standard InChI is InChI=1S/C31H32F3N5O3/c1-20(40)35-24-8-2-5-21(17-24)6-3-10-27-29(41)37-28-18-22(11-12-26(28)36-27)30(42)39-15-13-38(14-16-39)25-9-4-7-23(19-25)31(32,33)34/h2,4-5,7-9,11-12,17-19,27,36H,3,6,10,13-16H2,1H3,(H,35,40)(H,37,41). The molecule has 2 aliphatic rings. The molecule has 11 heteroatoms. The zero-order valence-electron chi connectivity index (χ0n) is 23.1.